The predicted octanol–water partition coefficient (Wildman–Crippen LogP) is 2.63. The number of carboxylic acid groups (broad SMARTS) is 1. The van der Waals surface area contributed by atoms with Crippen LogP contribution in [-0.2, 0) is 9.59 Å². The van der Waals surface area contributed by atoms with Gasteiger partial charge in [0.15, 0.2) is 5.78 Å². The Morgan fingerprint density at radius 1 is 1.07 bits per heavy atom. The van der Waals surface area contributed by atoms with Crippen LogP contribution in [0.1, 0.15) is 72.1 Å². The van der Waals surface area contributed by atoms with Gasteiger partial charge in [-0.05, 0) is 74.0 Å². The number of ketones is 1. The van der Waals surface area contributed by atoms with E-state index in [1.165, 1.54) is 0 Å². The molecule has 4 fully saturated rings. The van der Waals surface area contributed by atoms with Gasteiger partial charge in [-0.25, -0.2) is 0 Å². The highest BCUT2D eigenvalue weighted by Crippen LogP contribution is 2.67. The molecule has 0 radical (unpaired) electrons. The number of hydrogen-bond donors (Lipinski definition) is 4. The minimum atomic E-state index is -1.03. The molecule has 6 heteroatoms. The standard InChI is InChI=1S/C24H38O6/c1-12(4-7-19(27)28)14-5-6-15-20-16(11-18(26)24(14,15)3)23(2)9-8-13(25)10-17(23)21(29)22(20)30/h12-18,20-21,25-26,29H,4-11H2,1-3H3,(H,27,28)/t12-,13-,14-,15+,16+,17+,18+,20+,21-,23-,24-/m1/s1. The summed E-state index contributed by atoms with van der Waals surface area (Å²) >= 11 is 0. The maximum absolute atomic E-state index is 13.5. The highest BCUT2D eigenvalue weighted by molar-refractivity contribution is 5.87. The smallest absolute Gasteiger partial charge is 0.303 e. The maximum Gasteiger partial charge on any atom is 0.303 e. The average molecular weight is 423 g/mol. The molecule has 4 aliphatic carbocycles. The van der Waals surface area contributed by atoms with Crippen LogP contribution in [-0.4, -0.2) is 50.5 Å². The van der Waals surface area contributed by atoms with Gasteiger partial charge in [-0.3, -0.25) is 9.59 Å². The van der Waals surface area contributed by atoms with Gasteiger partial charge in [0.05, 0.1) is 12.2 Å². The zero-order valence-corrected chi connectivity index (χ0v) is 18.5. The van der Waals surface area contributed by atoms with Crippen LogP contribution in [0.5, 0.6) is 0 Å². The Bertz CT molecular complexity index is 708. The molecular weight excluding hydrogens is 384 g/mol. The second-order valence-electron chi connectivity index (χ2n) is 11.3. The summed E-state index contributed by atoms with van der Waals surface area (Å²) in [6, 6.07) is 0. The molecule has 0 aromatic rings. The summed E-state index contributed by atoms with van der Waals surface area (Å²) in [6.45, 7) is 6.35. The highest BCUT2D eigenvalue weighted by atomic mass is 16.4. The molecule has 0 bridgehead atoms. The zero-order valence-electron chi connectivity index (χ0n) is 18.5. The van der Waals surface area contributed by atoms with Crippen molar-refractivity contribution in [3.8, 4) is 0 Å². The molecule has 4 aliphatic rings. The number of fused-ring (bicyclic) bond motifs is 5. The van der Waals surface area contributed by atoms with Crippen LogP contribution in [0.25, 0.3) is 0 Å². The topological polar surface area (TPSA) is 115 Å². The fourth-order valence-electron chi connectivity index (χ4n) is 8.45. The Morgan fingerprint density at radius 3 is 2.43 bits per heavy atom. The van der Waals surface area contributed by atoms with Gasteiger partial charge in [0.2, 0.25) is 0 Å². The summed E-state index contributed by atoms with van der Waals surface area (Å²) in [4.78, 5) is 24.5. The zero-order chi connectivity index (χ0) is 22.0. The van der Waals surface area contributed by atoms with Gasteiger partial charge in [0.1, 0.15) is 6.10 Å². The summed E-state index contributed by atoms with van der Waals surface area (Å²) in [5, 5.41) is 41.7. The average Bonchev–Trinajstić information content (AvgIpc) is 3.05. The summed E-state index contributed by atoms with van der Waals surface area (Å²) in [5.41, 5.74) is -0.668. The van der Waals surface area contributed by atoms with Gasteiger partial charge in [0.25, 0.3) is 0 Å². The second kappa shape index (κ2) is 7.56. The number of rotatable bonds is 4. The molecule has 11 atom stereocenters. The predicted molar refractivity (Wildman–Crippen MR) is 110 cm³/mol. The Hall–Kier alpha value is -0.980. The van der Waals surface area contributed by atoms with E-state index in [2.05, 4.69) is 20.8 Å². The molecule has 0 spiro atoms. The lowest BCUT2D eigenvalue weighted by atomic mass is 9.43. The van der Waals surface area contributed by atoms with Gasteiger partial charge in [0, 0.05) is 23.7 Å². The molecule has 0 amide bonds. The molecule has 0 unspecified atom stereocenters. The fourth-order valence-corrected chi connectivity index (χ4v) is 8.45. The second-order valence-corrected chi connectivity index (χ2v) is 11.3. The molecule has 30 heavy (non-hydrogen) atoms. The Labute approximate surface area is 179 Å². The summed E-state index contributed by atoms with van der Waals surface area (Å²) in [5.74, 6) is -0.962. The number of hydrogen-bond acceptors (Lipinski definition) is 5. The Kier molecular flexibility index (Phi) is 5.60. The van der Waals surface area contributed by atoms with Gasteiger partial charge in [-0.15, -0.1) is 0 Å². The first kappa shape index (κ1) is 22.2. The molecule has 170 valence electrons. The third kappa shape index (κ3) is 3.08. The first-order chi connectivity index (χ1) is 14.0. The van der Waals surface area contributed by atoms with Crippen LogP contribution in [0, 0.1) is 46.3 Å². The third-order valence-electron chi connectivity index (χ3n) is 10.2. The third-order valence-corrected chi connectivity index (χ3v) is 10.2. The minimum Gasteiger partial charge on any atom is -0.481 e. The van der Waals surface area contributed by atoms with Crippen molar-refractivity contribution in [1.82, 2.24) is 0 Å². The lowest BCUT2D eigenvalue weighted by molar-refractivity contribution is -0.201. The molecule has 0 heterocycles. The first-order valence-corrected chi connectivity index (χ1v) is 11.8. The number of carbonyl (C=O) groups is 2. The normalized spacial score (nSPS) is 51.6. The number of carbonyl (C=O) groups excluding carboxylic acids is 1. The van der Waals surface area contributed by atoms with Crippen LogP contribution in [0.3, 0.4) is 0 Å². The van der Waals surface area contributed by atoms with Crippen molar-refractivity contribution in [2.75, 3.05) is 0 Å². The SMILES string of the molecule is C[C@H](CCC(=O)O)[C@H]1CC[C@H]2[C@@H]3C(=O)[C@H](O)[C@@H]4C[C@H](O)CC[C@]4(C)[C@H]3C[C@H](O)[C@]12C. The summed E-state index contributed by atoms with van der Waals surface area (Å²) in [6.07, 6.45) is 2.89. The van der Waals surface area contributed by atoms with E-state index >= 15 is 0 Å². The molecule has 4 rings (SSSR count). The molecule has 0 aromatic carbocycles. The number of aliphatic carboxylic acids is 1. The maximum atomic E-state index is 13.5. The minimum absolute atomic E-state index is 0.0234. The van der Waals surface area contributed by atoms with E-state index in [1.807, 2.05) is 0 Å². The fraction of sp³-hybridized carbons (Fsp3) is 0.917. The Balaban J connectivity index is 1.65. The number of aliphatic hydroxyl groups excluding tert-OH is 3. The van der Waals surface area contributed by atoms with Crippen LogP contribution in [0.2, 0.25) is 0 Å². The van der Waals surface area contributed by atoms with E-state index in [9.17, 15) is 24.9 Å². The monoisotopic (exact) mass is 422 g/mol. The van der Waals surface area contributed by atoms with E-state index in [1.54, 1.807) is 0 Å². The van der Waals surface area contributed by atoms with Crippen molar-refractivity contribution in [2.24, 2.45) is 46.3 Å². The summed E-state index contributed by atoms with van der Waals surface area (Å²) in [7, 11) is 0. The summed E-state index contributed by atoms with van der Waals surface area (Å²) < 4.78 is 0. The van der Waals surface area contributed by atoms with Crippen LogP contribution >= 0.6 is 0 Å². The first-order valence-electron chi connectivity index (χ1n) is 11.8. The van der Waals surface area contributed by atoms with Gasteiger partial charge < -0.3 is 20.4 Å². The van der Waals surface area contributed by atoms with Gasteiger partial charge >= 0.3 is 5.97 Å². The van der Waals surface area contributed by atoms with Crippen LogP contribution in [0.4, 0.5) is 0 Å². The van der Waals surface area contributed by atoms with Crippen LogP contribution < -0.4 is 0 Å². The molecule has 4 N–H and O–H groups in total. The largest absolute Gasteiger partial charge is 0.481 e. The highest BCUT2D eigenvalue weighted by Gasteiger charge is 2.67. The van der Waals surface area contributed by atoms with Crippen molar-refractivity contribution in [3.63, 3.8) is 0 Å². The van der Waals surface area contributed by atoms with E-state index in [0.29, 0.717) is 25.7 Å². The quantitative estimate of drug-likeness (QED) is 0.554. The van der Waals surface area contributed by atoms with E-state index in [-0.39, 0.29) is 53.1 Å². The van der Waals surface area contributed by atoms with E-state index in [4.69, 9.17) is 5.11 Å². The number of aliphatic hydroxyl groups is 3. The molecule has 4 saturated carbocycles. The lowest BCUT2D eigenvalue weighted by Gasteiger charge is -2.62. The van der Waals surface area contributed by atoms with Crippen molar-refractivity contribution < 1.29 is 30.0 Å². The van der Waals surface area contributed by atoms with E-state index in [0.717, 1.165) is 19.3 Å². The van der Waals surface area contributed by atoms with Crippen LogP contribution in [0.15, 0.2) is 0 Å². The molecule has 0 aromatic heterocycles. The van der Waals surface area contributed by atoms with Crippen molar-refractivity contribution >= 4 is 11.8 Å². The van der Waals surface area contributed by atoms with Crippen molar-refractivity contribution in [1.29, 1.82) is 0 Å². The van der Waals surface area contributed by atoms with Gasteiger partial charge in [-0.2, -0.15) is 0 Å². The number of carboxylic acids is 1. The number of Topliss-reactive ketones (excluding diaryl/α,β-unsaturated/α-hetero) is 1. The van der Waals surface area contributed by atoms with Crippen molar-refractivity contribution in [3.05, 3.63) is 0 Å². The Morgan fingerprint density at radius 2 is 1.77 bits per heavy atom. The molecule has 6 nitrogen and oxygen atoms in total. The molecular formula is C24H38O6. The molecule has 0 aliphatic heterocycles. The molecule has 0 saturated heterocycles. The van der Waals surface area contributed by atoms with Gasteiger partial charge in [-0.1, -0.05) is 20.8 Å². The van der Waals surface area contributed by atoms with Crippen molar-refractivity contribution in [2.45, 2.75) is 90.4 Å². The van der Waals surface area contributed by atoms with E-state index < -0.39 is 29.7 Å². The lowest BCUT2D eigenvalue weighted by Crippen LogP contribution is -2.65.